The highest BCUT2D eigenvalue weighted by molar-refractivity contribution is 5.83. The van der Waals surface area contributed by atoms with Crippen molar-refractivity contribution in [3.05, 3.63) is 0 Å². The van der Waals surface area contributed by atoms with Crippen molar-refractivity contribution < 1.29 is 4.79 Å². The van der Waals surface area contributed by atoms with Crippen LogP contribution in [0, 0.1) is 28.1 Å². The standard InChI is InChI=1S/C21H36N2O/c1-19-10-17-11-20(2,13-19)15-21(12-17,14-19)18(24)22-7-4-16-5-8-23(3)9-6-16/h16-17H,4-15H2,1-3H3,(H,22,24)/t17?,19-,20-,21?/m0/s1. The number of amides is 1. The van der Waals surface area contributed by atoms with Crippen molar-refractivity contribution in [2.75, 3.05) is 26.7 Å². The van der Waals surface area contributed by atoms with E-state index in [1.807, 2.05) is 0 Å². The maximum Gasteiger partial charge on any atom is 0.226 e. The lowest BCUT2D eigenvalue weighted by molar-refractivity contribution is -0.170. The van der Waals surface area contributed by atoms with Crippen LogP contribution in [0.3, 0.4) is 0 Å². The molecule has 1 heterocycles. The molecule has 1 N–H and O–H groups in total. The fraction of sp³-hybridized carbons (Fsp3) is 0.952. The van der Waals surface area contributed by atoms with Gasteiger partial charge in [0.05, 0.1) is 5.41 Å². The monoisotopic (exact) mass is 332 g/mol. The second-order valence-electron chi connectivity index (χ2n) is 10.7. The van der Waals surface area contributed by atoms with Gasteiger partial charge in [-0.05, 0) is 101 Å². The van der Waals surface area contributed by atoms with Gasteiger partial charge in [0, 0.05) is 6.54 Å². The van der Waals surface area contributed by atoms with Crippen molar-refractivity contribution >= 4 is 5.91 Å². The Labute approximate surface area is 147 Å². The Morgan fingerprint density at radius 2 is 1.67 bits per heavy atom. The van der Waals surface area contributed by atoms with Gasteiger partial charge in [0.15, 0.2) is 0 Å². The summed E-state index contributed by atoms with van der Waals surface area (Å²) in [6.45, 7) is 8.25. The first-order chi connectivity index (χ1) is 11.3. The van der Waals surface area contributed by atoms with Crippen LogP contribution in [0.5, 0.6) is 0 Å². The molecule has 1 aliphatic heterocycles. The van der Waals surface area contributed by atoms with E-state index in [9.17, 15) is 4.79 Å². The molecule has 3 heteroatoms. The molecule has 5 rings (SSSR count). The van der Waals surface area contributed by atoms with E-state index >= 15 is 0 Å². The first kappa shape index (κ1) is 16.9. The molecule has 1 saturated heterocycles. The molecule has 5 fully saturated rings. The van der Waals surface area contributed by atoms with E-state index in [1.54, 1.807) is 0 Å². The average molecular weight is 333 g/mol. The molecule has 0 aromatic rings. The molecular formula is C21H36N2O. The van der Waals surface area contributed by atoms with Crippen LogP contribution in [0.25, 0.3) is 0 Å². The highest BCUT2D eigenvalue weighted by Gasteiger charge is 2.62. The fourth-order valence-corrected chi connectivity index (χ4v) is 7.63. The summed E-state index contributed by atoms with van der Waals surface area (Å²) in [7, 11) is 2.21. The number of nitrogens with zero attached hydrogens (tertiary/aromatic N) is 1. The number of likely N-dealkylation sites (tertiary alicyclic amines) is 1. The first-order valence-corrected chi connectivity index (χ1v) is 10.3. The summed E-state index contributed by atoms with van der Waals surface area (Å²) in [5.74, 6) is 2.01. The lowest BCUT2D eigenvalue weighted by atomic mass is 9.40. The van der Waals surface area contributed by atoms with E-state index < -0.39 is 0 Å². The van der Waals surface area contributed by atoms with Gasteiger partial charge in [-0.3, -0.25) is 4.79 Å². The van der Waals surface area contributed by atoms with Gasteiger partial charge in [-0.1, -0.05) is 13.8 Å². The van der Waals surface area contributed by atoms with Gasteiger partial charge in [0.25, 0.3) is 0 Å². The van der Waals surface area contributed by atoms with E-state index in [4.69, 9.17) is 0 Å². The number of nitrogens with one attached hydrogen (secondary N) is 1. The third kappa shape index (κ3) is 3.02. The molecule has 136 valence electrons. The Morgan fingerprint density at radius 3 is 2.25 bits per heavy atom. The third-order valence-electron chi connectivity index (χ3n) is 7.78. The fourth-order valence-electron chi connectivity index (χ4n) is 7.63. The predicted molar refractivity (Wildman–Crippen MR) is 97.7 cm³/mol. The van der Waals surface area contributed by atoms with Gasteiger partial charge >= 0.3 is 0 Å². The lowest BCUT2D eigenvalue weighted by Crippen LogP contribution is -2.60. The molecular weight excluding hydrogens is 296 g/mol. The van der Waals surface area contributed by atoms with E-state index in [0.29, 0.717) is 16.7 Å². The lowest BCUT2D eigenvalue weighted by Gasteiger charge is -2.64. The highest BCUT2D eigenvalue weighted by Crippen LogP contribution is 2.69. The van der Waals surface area contributed by atoms with Gasteiger partial charge in [0.2, 0.25) is 5.91 Å². The summed E-state index contributed by atoms with van der Waals surface area (Å²) in [5.41, 5.74) is 0.828. The highest BCUT2D eigenvalue weighted by atomic mass is 16.2. The Bertz CT molecular complexity index is 490. The van der Waals surface area contributed by atoms with Gasteiger partial charge in [-0.2, -0.15) is 0 Å². The van der Waals surface area contributed by atoms with Crippen LogP contribution in [0.15, 0.2) is 0 Å². The van der Waals surface area contributed by atoms with Crippen LogP contribution in [0.2, 0.25) is 0 Å². The largest absolute Gasteiger partial charge is 0.356 e. The maximum absolute atomic E-state index is 13.2. The molecule has 2 atom stereocenters. The number of carbonyl (C=O) groups excluding carboxylic acids is 1. The topological polar surface area (TPSA) is 32.3 Å². The molecule has 0 radical (unpaired) electrons. The minimum atomic E-state index is -0.0320. The summed E-state index contributed by atoms with van der Waals surface area (Å²) in [4.78, 5) is 15.6. The molecule has 24 heavy (non-hydrogen) atoms. The molecule has 0 aromatic carbocycles. The van der Waals surface area contributed by atoms with Crippen LogP contribution < -0.4 is 5.32 Å². The van der Waals surface area contributed by atoms with E-state index in [1.165, 1.54) is 51.6 Å². The molecule has 1 amide bonds. The predicted octanol–water partition coefficient (Wildman–Crippen LogP) is 3.83. The minimum absolute atomic E-state index is 0.0320. The molecule has 0 spiro atoms. The SMILES string of the molecule is CN1CCC(CCNC(=O)C23CC4C[C@](C)(C2)C[C@](C)(C4)C3)CC1. The van der Waals surface area contributed by atoms with Crippen molar-refractivity contribution in [1.29, 1.82) is 0 Å². The number of hydrogen-bond acceptors (Lipinski definition) is 2. The average Bonchev–Trinajstić information content (AvgIpc) is 2.45. The number of carbonyl (C=O) groups is 1. The van der Waals surface area contributed by atoms with Gasteiger partial charge < -0.3 is 10.2 Å². The zero-order valence-electron chi connectivity index (χ0n) is 16.0. The Hall–Kier alpha value is -0.570. The molecule has 5 aliphatic rings. The number of hydrogen-bond donors (Lipinski definition) is 1. The zero-order valence-corrected chi connectivity index (χ0v) is 16.0. The smallest absolute Gasteiger partial charge is 0.226 e. The van der Waals surface area contributed by atoms with Gasteiger partial charge in [0.1, 0.15) is 0 Å². The molecule has 4 bridgehead atoms. The van der Waals surface area contributed by atoms with Crippen molar-refractivity contribution in [1.82, 2.24) is 10.2 Å². The molecule has 0 unspecified atom stereocenters. The summed E-state index contributed by atoms with van der Waals surface area (Å²) in [6.07, 6.45) is 11.3. The van der Waals surface area contributed by atoms with E-state index in [0.717, 1.165) is 37.6 Å². The summed E-state index contributed by atoms with van der Waals surface area (Å²) in [5, 5.41) is 3.38. The van der Waals surface area contributed by atoms with E-state index in [-0.39, 0.29) is 5.41 Å². The third-order valence-corrected chi connectivity index (χ3v) is 7.78. The maximum atomic E-state index is 13.2. The van der Waals surface area contributed by atoms with Crippen LogP contribution in [-0.4, -0.2) is 37.5 Å². The van der Waals surface area contributed by atoms with Crippen LogP contribution >= 0.6 is 0 Å². The van der Waals surface area contributed by atoms with Crippen LogP contribution in [0.1, 0.15) is 71.6 Å². The Kier molecular flexibility index (Phi) is 4.02. The first-order valence-electron chi connectivity index (χ1n) is 10.3. The van der Waals surface area contributed by atoms with Crippen LogP contribution in [-0.2, 0) is 4.79 Å². The van der Waals surface area contributed by atoms with Crippen LogP contribution in [0.4, 0.5) is 0 Å². The van der Waals surface area contributed by atoms with Crippen molar-refractivity contribution in [2.24, 2.45) is 28.1 Å². The summed E-state index contributed by atoms with van der Waals surface area (Å²) >= 11 is 0. The Balaban J connectivity index is 1.34. The second kappa shape index (κ2) is 5.72. The number of rotatable bonds is 4. The quantitative estimate of drug-likeness (QED) is 0.848. The van der Waals surface area contributed by atoms with Crippen molar-refractivity contribution in [3.8, 4) is 0 Å². The summed E-state index contributed by atoms with van der Waals surface area (Å²) in [6, 6.07) is 0. The molecule has 4 aliphatic carbocycles. The molecule has 0 aromatic heterocycles. The minimum Gasteiger partial charge on any atom is -0.356 e. The van der Waals surface area contributed by atoms with Crippen molar-refractivity contribution in [2.45, 2.75) is 71.6 Å². The number of piperidine rings is 1. The second-order valence-corrected chi connectivity index (χ2v) is 10.7. The zero-order chi connectivity index (χ0) is 17.0. The normalized spacial score (nSPS) is 45.5. The van der Waals surface area contributed by atoms with Gasteiger partial charge in [-0.15, -0.1) is 0 Å². The van der Waals surface area contributed by atoms with Gasteiger partial charge in [-0.25, -0.2) is 0 Å². The molecule has 3 nitrogen and oxygen atoms in total. The van der Waals surface area contributed by atoms with Crippen molar-refractivity contribution in [3.63, 3.8) is 0 Å². The van der Waals surface area contributed by atoms with E-state index in [2.05, 4.69) is 31.1 Å². The summed E-state index contributed by atoms with van der Waals surface area (Å²) < 4.78 is 0. The Morgan fingerprint density at radius 1 is 1.04 bits per heavy atom. The molecule has 4 saturated carbocycles.